The van der Waals surface area contributed by atoms with Crippen molar-refractivity contribution in [3.63, 3.8) is 0 Å². The number of hydrogen-bond donors (Lipinski definition) is 1. The Labute approximate surface area is 136 Å². The maximum atomic E-state index is 13.1. The van der Waals surface area contributed by atoms with Crippen molar-refractivity contribution in [2.75, 3.05) is 30.8 Å². The van der Waals surface area contributed by atoms with Crippen molar-refractivity contribution in [1.29, 1.82) is 0 Å². The van der Waals surface area contributed by atoms with Crippen molar-refractivity contribution in [1.82, 2.24) is 5.32 Å². The Balaban J connectivity index is 2.99. The van der Waals surface area contributed by atoms with Gasteiger partial charge < -0.3 is 10.1 Å². The van der Waals surface area contributed by atoms with Crippen LogP contribution in [0.1, 0.15) is 19.8 Å². The summed E-state index contributed by atoms with van der Waals surface area (Å²) < 4.78 is 43.3. The van der Waals surface area contributed by atoms with E-state index in [4.69, 9.17) is 4.74 Å². The zero-order valence-corrected chi connectivity index (χ0v) is 14.4. The molecule has 130 valence electrons. The van der Waals surface area contributed by atoms with Crippen molar-refractivity contribution in [3.05, 3.63) is 30.1 Å². The smallest absolute Gasteiger partial charge is 0.243 e. The zero-order valence-electron chi connectivity index (χ0n) is 13.6. The number of ether oxygens (including phenoxy) is 1. The fourth-order valence-electron chi connectivity index (χ4n) is 2.19. The molecule has 0 bridgehead atoms. The number of carbonyl (C=O) groups is 1. The molecule has 1 amide bonds. The van der Waals surface area contributed by atoms with E-state index in [2.05, 4.69) is 5.32 Å². The summed E-state index contributed by atoms with van der Waals surface area (Å²) in [6.45, 7) is 2.62. The molecular weight excluding hydrogens is 323 g/mol. The van der Waals surface area contributed by atoms with Gasteiger partial charge >= 0.3 is 0 Å². The summed E-state index contributed by atoms with van der Waals surface area (Å²) in [5.74, 6) is -0.863. The number of nitrogens with zero attached hydrogens (tertiary/aromatic N) is 1. The van der Waals surface area contributed by atoms with Gasteiger partial charge in [0.25, 0.3) is 0 Å². The van der Waals surface area contributed by atoms with E-state index >= 15 is 0 Å². The third-order valence-corrected chi connectivity index (χ3v) is 4.42. The molecule has 0 aliphatic carbocycles. The van der Waals surface area contributed by atoms with Crippen molar-refractivity contribution in [2.24, 2.45) is 0 Å². The Kier molecular flexibility index (Phi) is 7.44. The van der Waals surface area contributed by atoms with Crippen molar-refractivity contribution in [3.8, 4) is 0 Å². The van der Waals surface area contributed by atoms with E-state index in [1.54, 1.807) is 14.0 Å². The van der Waals surface area contributed by atoms with E-state index in [0.29, 0.717) is 26.0 Å². The summed E-state index contributed by atoms with van der Waals surface area (Å²) in [5, 5.41) is 2.70. The Morgan fingerprint density at radius 2 is 1.96 bits per heavy atom. The lowest BCUT2D eigenvalue weighted by molar-refractivity contribution is -0.122. The Hall–Kier alpha value is -1.67. The fourth-order valence-corrected chi connectivity index (χ4v) is 3.41. The van der Waals surface area contributed by atoms with Crippen LogP contribution in [0.3, 0.4) is 0 Å². The average molecular weight is 346 g/mol. The molecule has 0 heterocycles. The van der Waals surface area contributed by atoms with Crippen molar-refractivity contribution < 1.29 is 22.3 Å². The summed E-state index contributed by atoms with van der Waals surface area (Å²) in [6.07, 6.45) is 1.95. The number of methoxy groups -OCH3 is 1. The lowest BCUT2D eigenvalue weighted by Crippen LogP contribution is -2.49. The van der Waals surface area contributed by atoms with Crippen LogP contribution in [0, 0.1) is 5.82 Å². The molecule has 1 aromatic rings. The maximum Gasteiger partial charge on any atom is 0.243 e. The molecule has 8 heteroatoms. The van der Waals surface area contributed by atoms with Crippen LogP contribution >= 0.6 is 0 Å². The average Bonchev–Trinajstić information content (AvgIpc) is 2.49. The van der Waals surface area contributed by atoms with Gasteiger partial charge in [-0.2, -0.15) is 0 Å². The highest BCUT2D eigenvalue weighted by atomic mass is 32.2. The van der Waals surface area contributed by atoms with Crippen LogP contribution in [0.4, 0.5) is 10.1 Å². The number of halogens is 1. The van der Waals surface area contributed by atoms with Gasteiger partial charge in [0.15, 0.2) is 0 Å². The molecule has 1 N–H and O–H groups in total. The first-order chi connectivity index (χ1) is 10.8. The van der Waals surface area contributed by atoms with Gasteiger partial charge in [-0.25, -0.2) is 12.8 Å². The SMILES string of the molecule is CC[C@H](C(=O)NCCCOC)N(c1ccc(F)cc1)S(C)(=O)=O. The minimum Gasteiger partial charge on any atom is -0.385 e. The molecule has 23 heavy (non-hydrogen) atoms. The highest BCUT2D eigenvalue weighted by Crippen LogP contribution is 2.22. The van der Waals surface area contributed by atoms with Crippen LogP contribution in [0.5, 0.6) is 0 Å². The summed E-state index contributed by atoms with van der Waals surface area (Å²) in [4.78, 5) is 12.3. The van der Waals surface area contributed by atoms with Crippen LogP contribution in [0.15, 0.2) is 24.3 Å². The number of hydrogen-bond acceptors (Lipinski definition) is 4. The molecule has 0 unspecified atom stereocenters. The maximum absolute atomic E-state index is 13.1. The van der Waals surface area contributed by atoms with Gasteiger partial charge in [0.1, 0.15) is 11.9 Å². The van der Waals surface area contributed by atoms with E-state index in [1.807, 2.05) is 0 Å². The molecule has 0 radical (unpaired) electrons. The van der Waals surface area contributed by atoms with E-state index in [-0.39, 0.29) is 5.69 Å². The molecule has 0 fully saturated rings. The first-order valence-electron chi connectivity index (χ1n) is 7.32. The molecule has 0 aromatic heterocycles. The Bertz CT molecular complexity index is 604. The first-order valence-corrected chi connectivity index (χ1v) is 9.17. The van der Waals surface area contributed by atoms with Crippen molar-refractivity contribution in [2.45, 2.75) is 25.8 Å². The summed E-state index contributed by atoms with van der Waals surface area (Å²) in [6, 6.07) is 4.13. The van der Waals surface area contributed by atoms with E-state index < -0.39 is 27.8 Å². The number of amides is 1. The predicted octanol–water partition coefficient (Wildman–Crippen LogP) is 1.52. The van der Waals surface area contributed by atoms with Gasteiger partial charge in [-0.3, -0.25) is 9.10 Å². The van der Waals surface area contributed by atoms with Crippen LogP contribution in [0.25, 0.3) is 0 Å². The number of rotatable bonds is 9. The molecule has 1 aromatic carbocycles. The quantitative estimate of drug-likeness (QED) is 0.688. The second-order valence-corrected chi connectivity index (χ2v) is 6.96. The normalized spacial score (nSPS) is 12.7. The lowest BCUT2D eigenvalue weighted by atomic mass is 10.2. The molecule has 0 spiro atoms. The molecule has 1 atom stereocenters. The first kappa shape index (κ1) is 19.4. The van der Waals surface area contributed by atoms with Crippen molar-refractivity contribution >= 4 is 21.6 Å². The third kappa shape index (κ3) is 5.80. The molecule has 1 rings (SSSR count). The molecule has 6 nitrogen and oxygen atoms in total. The minimum absolute atomic E-state index is 0.257. The molecular formula is C15H23FN2O4S. The van der Waals surface area contributed by atoms with E-state index in [1.165, 1.54) is 12.1 Å². The van der Waals surface area contributed by atoms with Crippen LogP contribution in [-0.2, 0) is 19.6 Å². The largest absolute Gasteiger partial charge is 0.385 e. The summed E-state index contributed by atoms with van der Waals surface area (Å²) >= 11 is 0. The van der Waals surface area contributed by atoms with Gasteiger partial charge in [-0.15, -0.1) is 0 Å². The van der Waals surface area contributed by atoms with Gasteiger partial charge in [-0.05, 0) is 37.1 Å². The van der Waals surface area contributed by atoms with Gasteiger partial charge in [-0.1, -0.05) is 6.92 Å². The monoisotopic (exact) mass is 346 g/mol. The minimum atomic E-state index is -3.70. The number of benzene rings is 1. The summed E-state index contributed by atoms with van der Waals surface area (Å²) in [5.41, 5.74) is 0.257. The van der Waals surface area contributed by atoms with E-state index in [9.17, 15) is 17.6 Å². The van der Waals surface area contributed by atoms with Gasteiger partial charge in [0.2, 0.25) is 15.9 Å². The zero-order chi connectivity index (χ0) is 17.5. The molecule has 0 aliphatic heterocycles. The molecule has 0 aliphatic rings. The highest BCUT2D eigenvalue weighted by Gasteiger charge is 2.31. The Morgan fingerprint density at radius 1 is 1.35 bits per heavy atom. The third-order valence-electron chi connectivity index (χ3n) is 3.24. The Morgan fingerprint density at radius 3 is 2.43 bits per heavy atom. The number of carbonyl (C=O) groups excluding carboxylic acids is 1. The second-order valence-electron chi connectivity index (χ2n) is 5.10. The number of anilines is 1. The van der Waals surface area contributed by atoms with Gasteiger partial charge in [0, 0.05) is 20.3 Å². The van der Waals surface area contributed by atoms with Gasteiger partial charge in [0.05, 0.1) is 11.9 Å². The van der Waals surface area contributed by atoms with Crippen LogP contribution in [-0.4, -0.2) is 46.9 Å². The highest BCUT2D eigenvalue weighted by molar-refractivity contribution is 7.92. The topological polar surface area (TPSA) is 75.7 Å². The summed E-state index contributed by atoms with van der Waals surface area (Å²) in [7, 11) is -2.13. The van der Waals surface area contributed by atoms with Crippen LogP contribution < -0.4 is 9.62 Å². The van der Waals surface area contributed by atoms with E-state index in [0.717, 1.165) is 22.7 Å². The standard InChI is InChI=1S/C15H23FN2O4S/c1-4-14(15(19)17-10-5-11-22-2)18(23(3,20)21)13-8-6-12(16)7-9-13/h6-9,14H,4-5,10-11H2,1-3H3,(H,17,19)/t14-/m1/s1. The lowest BCUT2D eigenvalue weighted by Gasteiger charge is -2.30. The fraction of sp³-hybridized carbons (Fsp3) is 0.533. The second kappa shape index (κ2) is 8.83. The number of nitrogens with one attached hydrogen (secondary N) is 1. The van der Waals surface area contributed by atoms with Crippen LogP contribution in [0.2, 0.25) is 0 Å². The predicted molar refractivity (Wildman–Crippen MR) is 87.3 cm³/mol. The molecule has 0 saturated heterocycles. The molecule has 0 saturated carbocycles. The number of sulfonamides is 1.